The molecule has 0 aliphatic heterocycles. The lowest BCUT2D eigenvalue weighted by atomic mass is 10.1. The zero-order chi connectivity index (χ0) is 17.0. The summed E-state index contributed by atoms with van der Waals surface area (Å²) in [5.74, 6) is -0.404. The van der Waals surface area contributed by atoms with Crippen LogP contribution in [0.15, 0.2) is 49.1 Å². The van der Waals surface area contributed by atoms with Crippen LogP contribution < -0.4 is 5.32 Å². The van der Waals surface area contributed by atoms with E-state index in [0.717, 1.165) is 22.2 Å². The SMILES string of the molecule is O=C(Nc1cn2cc(-c3cnc4[nH]ccc4c3)ccc2n1)[C@@H]1C[C@@H]1F. The Morgan fingerprint density at radius 2 is 2.16 bits per heavy atom. The summed E-state index contributed by atoms with van der Waals surface area (Å²) in [6.45, 7) is 0. The van der Waals surface area contributed by atoms with Crippen molar-refractivity contribution in [3.8, 4) is 11.1 Å². The van der Waals surface area contributed by atoms with E-state index in [4.69, 9.17) is 0 Å². The molecule has 1 aliphatic rings. The first-order valence-electron chi connectivity index (χ1n) is 8.04. The fourth-order valence-electron chi connectivity index (χ4n) is 2.97. The number of aromatic nitrogens is 4. The summed E-state index contributed by atoms with van der Waals surface area (Å²) < 4.78 is 14.8. The highest BCUT2D eigenvalue weighted by Crippen LogP contribution is 2.34. The van der Waals surface area contributed by atoms with E-state index in [0.29, 0.717) is 17.9 Å². The Morgan fingerprint density at radius 1 is 1.28 bits per heavy atom. The zero-order valence-electron chi connectivity index (χ0n) is 13.1. The Hall–Kier alpha value is -3.22. The van der Waals surface area contributed by atoms with Crippen LogP contribution in [0, 0.1) is 5.92 Å². The van der Waals surface area contributed by atoms with Gasteiger partial charge in [-0.1, -0.05) is 0 Å². The van der Waals surface area contributed by atoms with Crippen LogP contribution in [0.3, 0.4) is 0 Å². The normalized spacial score (nSPS) is 19.4. The Balaban J connectivity index is 1.47. The molecule has 1 fully saturated rings. The van der Waals surface area contributed by atoms with Gasteiger partial charge in [-0.05, 0) is 30.7 Å². The fourth-order valence-corrected chi connectivity index (χ4v) is 2.97. The van der Waals surface area contributed by atoms with Gasteiger partial charge in [0.15, 0.2) is 5.82 Å². The van der Waals surface area contributed by atoms with Crippen LogP contribution in [0.2, 0.25) is 0 Å². The van der Waals surface area contributed by atoms with Crippen LogP contribution in [-0.4, -0.2) is 31.4 Å². The number of carbonyl (C=O) groups is 1. The van der Waals surface area contributed by atoms with E-state index in [9.17, 15) is 9.18 Å². The van der Waals surface area contributed by atoms with Crippen molar-refractivity contribution in [2.24, 2.45) is 5.92 Å². The maximum atomic E-state index is 13.0. The monoisotopic (exact) mass is 335 g/mol. The first-order chi connectivity index (χ1) is 12.2. The van der Waals surface area contributed by atoms with Gasteiger partial charge in [0.25, 0.3) is 0 Å². The lowest BCUT2D eigenvalue weighted by molar-refractivity contribution is -0.117. The van der Waals surface area contributed by atoms with Crippen LogP contribution >= 0.6 is 0 Å². The minimum absolute atomic E-state index is 0.304. The van der Waals surface area contributed by atoms with Gasteiger partial charge >= 0.3 is 0 Å². The molecule has 0 saturated heterocycles. The first-order valence-corrected chi connectivity index (χ1v) is 8.04. The molecular formula is C18H14FN5O. The van der Waals surface area contributed by atoms with Crippen molar-refractivity contribution in [2.75, 3.05) is 5.32 Å². The van der Waals surface area contributed by atoms with Crippen molar-refractivity contribution in [1.29, 1.82) is 0 Å². The van der Waals surface area contributed by atoms with Gasteiger partial charge in [0.1, 0.15) is 17.5 Å². The number of carbonyl (C=O) groups excluding carboxylic acids is 1. The van der Waals surface area contributed by atoms with Crippen molar-refractivity contribution in [3.05, 3.63) is 49.1 Å². The van der Waals surface area contributed by atoms with Crippen LogP contribution in [0.25, 0.3) is 27.8 Å². The number of nitrogens with zero attached hydrogens (tertiary/aromatic N) is 3. The number of alkyl halides is 1. The first kappa shape index (κ1) is 14.2. The molecule has 124 valence electrons. The van der Waals surface area contributed by atoms with E-state index in [2.05, 4.69) is 26.3 Å². The van der Waals surface area contributed by atoms with Gasteiger partial charge in [0, 0.05) is 35.1 Å². The van der Waals surface area contributed by atoms with E-state index in [1.54, 1.807) is 6.20 Å². The number of aromatic amines is 1. The van der Waals surface area contributed by atoms with Gasteiger partial charge in [-0.15, -0.1) is 0 Å². The second kappa shape index (κ2) is 5.14. The molecule has 7 heteroatoms. The molecular weight excluding hydrogens is 321 g/mol. The van der Waals surface area contributed by atoms with Crippen molar-refractivity contribution in [3.63, 3.8) is 0 Å². The van der Waals surface area contributed by atoms with Crippen LogP contribution in [0.4, 0.5) is 10.2 Å². The average molecular weight is 335 g/mol. The third-order valence-electron chi connectivity index (χ3n) is 4.49. The average Bonchev–Trinajstić information content (AvgIpc) is 3.02. The number of fused-ring (bicyclic) bond motifs is 2. The molecule has 5 rings (SSSR count). The van der Waals surface area contributed by atoms with Crippen LogP contribution in [0.5, 0.6) is 0 Å². The number of imidazole rings is 1. The minimum atomic E-state index is -1.01. The summed E-state index contributed by atoms with van der Waals surface area (Å²) >= 11 is 0. The summed E-state index contributed by atoms with van der Waals surface area (Å²) in [6.07, 6.45) is 6.63. The molecule has 2 N–H and O–H groups in total. The predicted molar refractivity (Wildman–Crippen MR) is 91.9 cm³/mol. The molecule has 1 amide bonds. The van der Waals surface area contributed by atoms with Gasteiger partial charge in [0.2, 0.25) is 5.91 Å². The lowest BCUT2D eigenvalue weighted by Crippen LogP contribution is -2.15. The molecule has 25 heavy (non-hydrogen) atoms. The Morgan fingerprint density at radius 3 is 3.00 bits per heavy atom. The second-order valence-electron chi connectivity index (χ2n) is 6.30. The molecule has 0 bridgehead atoms. The number of halogens is 1. The zero-order valence-corrected chi connectivity index (χ0v) is 13.1. The third kappa shape index (κ3) is 2.44. The van der Waals surface area contributed by atoms with Crippen LogP contribution in [0.1, 0.15) is 6.42 Å². The smallest absolute Gasteiger partial charge is 0.231 e. The standard InChI is InChI=1S/C18H14FN5O/c19-14-6-13(14)18(25)23-15-9-24-8-11(1-2-16(24)22-15)12-5-10-3-4-20-17(10)21-7-12/h1-5,7-9,13-14H,6H2,(H,20,21)(H,23,25)/t13-,14+/m1/s1. The molecule has 4 aromatic rings. The van der Waals surface area contributed by atoms with E-state index < -0.39 is 12.1 Å². The number of hydrogen-bond donors (Lipinski definition) is 2. The predicted octanol–water partition coefficient (Wildman–Crippen LogP) is 3.17. The number of nitrogens with one attached hydrogen (secondary N) is 2. The van der Waals surface area contributed by atoms with E-state index in [-0.39, 0.29) is 5.91 Å². The molecule has 4 heterocycles. The fraction of sp³-hybridized carbons (Fsp3) is 0.167. The molecule has 0 spiro atoms. The Kier molecular flexibility index (Phi) is 2.91. The molecule has 2 atom stereocenters. The van der Waals surface area contributed by atoms with Crippen molar-refractivity contribution in [1.82, 2.24) is 19.4 Å². The van der Waals surface area contributed by atoms with Gasteiger partial charge in [-0.2, -0.15) is 0 Å². The summed E-state index contributed by atoms with van der Waals surface area (Å²) in [5.41, 5.74) is 3.54. The number of hydrogen-bond acceptors (Lipinski definition) is 3. The van der Waals surface area contributed by atoms with Crippen LogP contribution in [-0.2, 0) is 4.79 Å². The largest absolute Gasteiger partial charge is 0.346 e. The molecule has 6 nitrogen and oxygen atoms in total. The van der Waals surface area contributed by atoms with Gasteiger partial charge in [-0.25, -0.2) is 14.4 Å². The summed E-state index contributed by atoms with van der Waals surface area (Å²) in [7, 11) is 0. The maximum absolute atomic E-state index is 13.0. The number of amides is 1. The van der Waals surface area contributed by atoms with E-state index in [1.807, 2.05) is 41.2 Å². The highest BCUT2D eigenvalue weighted by atomic mass is 19.1. The highest BCUT2D eigenvalue weighted by molar-refractivity contribution is 5.94. The molecule has 1 aliphatic carbocycles. The highest BCUT2D eigenvalue weighted by Gasteiger charge is 2.43. The van der Waals surface area contributed by atoms with E-state index >= 15 is 0 Å². The molecule has 4 aromatic heterocycles. The summed E-state index contributed by atoms with van der Waals surface area (Å²) in [5, 5.41) is 3.72. The Bertz CT molecular complexity index is 1120. The summed E-state index contributed by atoms with van der Waals surface area (Å²) in [6, 6.07) is 7.88. The number of H-pyrrole nitrogens is 1. The Labute approximate surface area is 141 Å². The van der Waals surface area contributed by atoms with Gasteiger partial charge in [-0.3, -0.25) is 4.79 Å². The van der Waals surface area contributed by atoms with Crippen molar-refractivity contribution >= 4 is 28.4 Å². The molecule has 0 radical (unpaired) electrons. The summed E-state index contributed by atoms with van der Waals surface area (Å²) in [4.78, 5) is 23.7. The third-order valence-corrected chi connectivity index (χ3v) is 4.49. The topological polar surface area (TPSA) is 75.1 Å². The van der Waals surface area contributed by atoms with Crippen molar-refractivity contribution in [2.45, 2.75) is 12.6 Å². The van der Waals surface area contributed by atoms with Gasteiger partial charge in [0.05, 0.1) is 12.1 Å². The minimum Gasteiger partial charge on any atom is -0.346 e. The number of anilines is 1. The van der Waals surface area contributed by atoms with Gasteiger partial charge < -0.3 is 14.7 Å². The quantitative estimate of drug-likeness (QED) is 0.604. The maximum Gasteiger partial charge on any atom is 0.231 e. The van der Waals surface area contributed by atoms with E-state index in [1.165, 1.54) is 0 Å². The number of pyridine rings is 2. The van der Waals surface area contributed by atoms with Crippen molar-refractivity contribution < 1.29 is 9.18 Å². The molecule has 0 unspecified atom stereocenters. The second-order valence-corrected chi connectivity index (χ2v) is 6.30. The number of rotatable bonds is 3. The lowest BCUT2D eigenvalue weighted by Gasteiger charge is -2.02. The molecule has 0 aromatic carbocycles. The molecule has 1 saturated carbocycles.